The summed E-state index contributed by atoms with van der Waals surface area (Å²) >= 11 is 0. The van der Waals surface area contributed by atoms with Crippen LogP contribution in [0.4, 0.5) is 10.1 Å². The molecule has 0 saturated carbocycles. The van der Waals surface area contributed by atoms with Crippen LogP contribution in [0.25, 0.3) is 0 Å². The normalized spacial score (nSPS) is 18.1. The Morgan fingerprint density at radius 3 is 2.68 bits per heavy atom. The minimum absolute atomic E-state index is 0.0820. The van der Waals surface area contributed by atoms with E-state index in [1.165, 1.54) is 24.3 Å². The van der Waals surface area contributed by atoms with E-state index in [1.807, 2.05) is 0 Å². The minimum Gasteiger partial charge on any atom is -0.486 e. The van der Waals surface area contributed by atoms with Gasteiger partial charge in [-0.15, -0.1) is 0 Å². The maximum atomic E-state index is 12.9. The van der Waals surface area contributed by atoms with Gasteiger partial charge in [-0.3, -0.25) is 9.59 Å². The maximum absolute atomic E-state index is 12.9. The molecule has 2 amide bonds. The number of carbonyl (C=O) groups is 2. The van der Waals surface area contributed by atoms with E-state index < -0.39 is 0 Å². The summed E-state index contributed by atoms with van der Waals surface area (Å²) in [6, 6.07) is 10.4. The molecule has 1 saturated heterocycles. The lowest BCUT2D eigenvalue weighted by Gasteiger charge is -2.22. The zero-order chi connectivity index (χ0) is 19.5. The lowest BCUT2D eigenvalue weighted by molar-refractivity contribution is -0.123. The van der Waals surface area contributed by atoms with Crippen LogP contribution in [-0.4, -0.2) is 44.2 Å². The first-order chi connectivity index (χ1) is 13.6. The molecule has 1 fully saturated rings. The predicted molar refractivity (Wildman–Crippen MR) is 98.2 cm³/mol. The second kappa shape index (κ2) is 7.75. The number of fused-ring (bicyclic) bond motifs is 1. The van der Waals surface area contributed by atoms with E-state index in [-0.39, 0.29) is 36.7 Å². The highest BCUT2D eigenvalue weighted by Gasteiger charge is 2.32. The van der Waals surface area contributed by atoms with E-state index >= 15 is 0 Å². The van der Waals surface area contributed by atoms with Gasteiger partial charge in [-0.25, -0.2) is 4.39 Å². The third-order valence-corrected chi connectivity index (χ3v) is 4.51. The van der Waals surface area contributed by atoms with Crippen LogP contribution >= 0.6 is 0 Å². The van der Waals surface area contributed by atoms with Gasteiger partial charge in [0.25, 0.3) is 5.91 Å². The Bertz CT molecular complexity index is 887. The molecule has 4 rings (SSSR count). The fourth-order valence-corrected chi connectivity index (χ4v) is 3.20. The molecule has 2 heterocycles. The Kier molecular flexibility index (Phi) is 5.01. The number of hydrogen-bond acceptors (Lipinski definition) is 5. The van der Waals surface area contributed by atoms with Crippen molar-refractivity contribution in [1.82, 2.24) is 5.32 Å². The summed E-state index contributed by atoms with van der Waals surface area (Å²) in [4.78, 5) is 26.1. The molecular formula is C20H19FN2O5. The molecule has 0 aromatic heterocycles. The van der Waals surface area contributed by atoms with E-state index in [2.05, 4.69) is 5.32 Å². The van der Waals surface area contributed by atoms with Crippen molar-refractivity contribution in [3.8, 4) is 17.2 Å². The molecule has 8 heteroatoms. The predicted octanol–water partition coefficient (Wildman–Crippen LogP) is 1.90. The van der Waals surface area contributed by atoms with E-state index in [9.17, 15) is 14.0 Å². The van der Waals surface area contributed by atoms with Crippen LogP contribution in [0, 0.1) is 5.82 Å². The van der Waals surface area contributed by atoms with Crippen molar-refractivity contribution in [2.45, 2.75) is 12.5 Å². The largest absolute Gasteiger partial charge is 0.486 e. The molecule has 0 bridgehead atoms. The smallest absolute Gasteiger partial charge is 0.258 e. The van der Waals surface area contributed by atoms with Crippen molar-refractivity contribution < 1.29 is 28.2 Å². The van der Waals surface area contributed by atoms with Gasteiger partial charge in [0, 0.05) is 24.7 Å². The van der Waals surface area contributed by atoms with Gasteiger partial charge in [-0.1, -0.05) is 0 Å². The number of ether oxygens (including phenoxy) is 3. The average Bonchev–Trinajstić information content (AvgIpc) is 3.07. The number of benzene rings is 2. The number of halogens is 1. The van der Waals surface area contributed by atoms with Gasteiger partial charge in [0.15, 0.2) is 18.1 Å². The highest BCUT2D eigenvalue weighted by Crippen LogP contribution is 2.35. The van der Waals surface area contributed by atoms with Crippen molar-refractivity contribution in [3.05, 3.63) is 48.3 Å². The van der Waals surface area contributed by atoms with Crippen LogP contribution in [0.2, 0.25) is 0 Å². The first-order valence-electron chi connectivity index (χ1n) is 8.96. The Hall–Kier alpha value is -3.29. The van der Waals surface area contributed by atoms with Gasteiger partial charge in [0.2, 0.25) is 5.91 Å². The SMILES string of the molecule is O=C(COc1ccc(F)cc1)N[C@@H]1CC(=O)N(c2ccc3c(c2)OCCO3)C1. The molecule has 1 atom stereocenters. The molecule has 2 aromatic rings. The zero-order valence-corrected chi connectivity index (χ0v) is 15.0. The fraction of sp³-hybridized carbons (Fsp3) is 0.300. The van der Waals surface area contributed by atoms with Crippen LogP contribution in [0.1, 0.15) is 6.42 Å². The Labute approximate surface area is 161 Å². The van der Waals surface area contributed by atoms with Gasteiger partial charge < -0.3 is 24.4 Å². The molecule has 2 aliphatic rings. The molecule has 0 unspecified atom stereocenters. The third kappa shape index (κ3) is 4.00. The Morgan fingerprint density at radius 1 is 1.14 bits per heavy atom. The lowest BCUT2D eigenvalue weighted by atomic mass is 10.2. The second-order valence-electron chi connectivity index (χ2n) is 6.54. The van der Waals surface area contributed by atoms with Gasteiger partial charge in [-0.2, -0.15) is 0 Å². The molecule has 2 aromatic carbocycles. The molecule has 1 N–H and O–H groups in total. The Morgan fingerprint density at radius 2 is 1.89 bits per heavy atom. The van der Waals surface area contributed by atoms with E-state index in [0.29, 0.717) is 42.7 Å². The van der Waals surface area contributed by atoms with Gasteiger partial charge in [0.1, 0.15) is 24.8 Å². The van der Waals surface area contributed by atoms with E-state index in [0.717, 1.165) is 0 Å². The summed E-state index contributed by atoms with van der Waals surface area (Å²) in [5.74, 6) is 0.867. The van der Waals surface area contributed by atoms with Crippen LogP contribution in [0.3, 0.4) is 0 Å². The van der Waals surface area contributed by atoms with Crippen LogP contribution in [0.15, 0.2) is 42.5 Å². The molecule has 0 spiro atoms. The summed E-state index contributed by atoms with van der Waals surface area (Å²) in [6.07, 6.45) is 0.205. The number of carbonyl (C=O) groups excluding carboxylic acids is 2. The summed E-state index contributed by atoms with van der Waals surface area (Å²) < 4.78 is 29.3. The van der Waals surface area contributed by atoms with Gasteiger partial charge in [-0.05, 0) is 36.4 Å². The van der Waals surface area contributed by atoms with Gasteiger partial charge >= 0.3 is 0 Å². The van der Waals surface area contributed by atoms with Crippen molar-refractivity contribution >= 4 is 17.5 Å². The summed E-state index contributed by atoms with van der Waals surface area (Å²) in [6.45, 7) is 1.13. The topological polar surface area (TPSA) is 77.1 Å². The fourth-order valence-electron chi connectivity index (χ4n) is 3.20. The van der Waals surface area contributed by atoms with Crippen LogP contribution < -0.4 is 24.4 Å². The zero-order valence-electron chi connectivity index (χ0n) is 15.0. The minimum atomic E-state index is -0.375. The highest BCUT2D eigenvalue weighted by molar-refractivity contribution is 5.97. The summed E-state index contributed by atoms with van der Waals surface area (Å²) in [5, 5.41) is 2.80. The number of anilines is 1. The number of rotatable bonds is 5. The lowest BCUT2D eigenvalue weighted by Crippen LogP contribution is -2.39. The average molecular weight is 386 g/mol. The number of nitrogens with one attached hydrogen (secondary N) is 1. The van der Waals surface area contributed by atoms with Crippen molar-refractivity contribution in [2.24, 2.45) is 0 Å². The van der Waals surface area contributed by atoms with Gasteiger partial charge in [0.05, 0.1) is 6.04 Å². The molecule has 2 aliphatic heterocycles. The van der Waals surface area contributed by atoms with Crippen LogP contribution in [0.5, 0.6) is 17.2 Å². The molecule has 0 aliphatic carbocycles. The van der Waals surface area contributed by atoms with E-state index in [1.54, 1.807) is 23.1 Å². The first kappa shape index (κ1) is 18.1. The molecule has 0 radical (unpaired) electrons. The van der Waals surface area contributed by atoms with Crippen molar-refractivity contribution in [2.75, 3.05) is 31.3 Å². The third-order valence-electron chi connectivity index (χ3n) is 4.51. The number of nitrogens with zero attached hydrogens (tertiary/aromatic N) is 1. The van der Waals surface area contributed by atoms with Crippen molar-refractivity contribution in [1.29, 1.82) is 0 Å². The summed E-state index contributed by atoms with van der Waals surface area (Å²) in [7, 11) is 0. The molecular weight excluding hydrogens is 367 g/mol. The number of hydrogen-bond donors (Lipinski definition) is 1. The Balaban J connectivity index is 1.33. The highest BCUT2D eigenvalue weighted by atomic mass is 19.1. The monoisotopic (exact) mass is 386 g/mol. The molecule has 146 valence electrons. The quantitative estimate of drug-likeness (QED) is 0.849. The second-order valence-corrected chi connectivity index (χ2v) is 6.54. The standard InChI is InChI=1S/C20H19FN2O5/c21-13-1-4-16(5-2-13)28-12-19(24)22-14-9-20(25)23(11-14)15-3-6-17-18(10-15)27-8-7-26-17/h1-6,10,14H,7-9,11-12H2,(H,22,24)/t14-/m1/s1. The van der Waals surface area contributed by atoms with E-state index in [4.69, 9.17) is 14.2 Å². The summed E-state index contributed by atoms with van der Waals surface area (Å²) in [5.41, 5.74) is 0.702. The first-order valence-corrected chi connectivity index (χ1v) is 8.96. The maximum Gasteiger partial charge on any atom is 0.258 e. The molecule has 7 nitrogen and oxygen atoms in total. The van der Waals surface area contributed by atoms with Crippen molar-refractivity contribution in [3.63, 3.8) is 0 Å². The molecule has 28 heavy (non-hydrogen) atoms. The number of amides is 2. The van der Waals surface area contributed by atoms with Crippen LogP contribution in [-0.2, 0) is 9.59 Å².